The van der Waals surface area contributed by atoms with E-state index < -0.39 is 10.0 Å². The molecule has 0 aromatic heterocycles. The van der Waals surface area contributed by atoms with Crippen LogP contribution in [-0.2, 0) is 16.4 Å². The highest BCUT2D eigenvalue weighted by Gasteiger charge is 2.46. The Kier molecular flexibility index (Phi) is 5.53. The van der Waals surface area contributed by atoms with Gasteiger partial charge in [-0.2, -0.15) is 4.31 Å². The predicted octanol–water partition coefficient (Wildman–Crippen LogP) is 3.88. The van der Waals surface area contributed by atoms with Crippen molar-refractivity contribution in [3.05, 3.63) is 65.7 Å². The molecule has 0 bridgehead atoms. The molecule has 2 aromatic carbocycles. The van der Waals surface area contributed by atoms with Crippen LogP contribution >= 0.6 is 12.4 Å². The Bertz CT molecular complexity index is 935. The number of halogens is 1. The summed E-state index contributed by atoms with van der Waals surface area (Å²) in [5.41, 5.74) is 2.84. The number of sulfonamides is 1. The molecule has 0 N–H and O–H groups in total. The van der Waals surface area contributed by atoms with Crippen LogP contribution in [-0.4, -0.2) is 43.3 Å². The van der Waals surface area contributed by atoms with Gasteiger partial charge in [-0.3, -0.25) is 4.90 Å². The van der Waals surface area contributed by atoms with E-state index in [9.17, 15) is 8.42 Å². The van der Waals surface area contributed by atoms with Gasteiger partial charge in [-0.15, -0.1) is 12.4 Å². The smallest absolute Gasteiger partial charge is 0.243 e. The summed E-state index contributed by atoms with van der Waals surface area (Å²) in [6.07, 6.45) is 4.11. The van der Waals surface area contributed by atoms with Gasteiger partial charge in [0.1, 0.15) is 0 Å². The standard InChI is InChI=1S/C22H26N2O2S.ClH/c25-27(26,19-9-2-1-3-10-19)24-13-6-8-18-16-23-14-12-17-7-4-5-11-20(17)22(23)15-21(18)24;/h1-5,7,9-11,18,21-22H,6,8,12-16H2;1H/t18-,21+,22-;/m1./s1. The second kappa shape index (κ2) is 7.79. The van der Waals surface area contributed by atoms with E-state index in [1.807, 2.05) is 22.5 Å². The number of piperidine rings is 2. The van der Waals surface area contributed by atoms with Crippen molar-refractivity contribution in [2.24, 2.45) is 5.92 Å². The SMILES string of the molecule is Cl.O=S(=O)(c1ccccc1)N1CCC[C@@H]2CN3CCc4ccccc4[C@H]3C[C@@H]21. The first kappa shape index (κ1) is 19.9. The maximum atomic E-state index is 13.4. The highest BCUT2D eigenvalue weighted by atomic mass is 35.5. The van der Waals surface area contributed by atoms with E-state index in [0.717, 1.165) is 38.8 Å². The van der Waals surface area contributed by atoms with E-state index in [1.54, 1.807) is 12.1 Å². The lowest BCUT2D eigenvalue weighted by molar-refractivity contribution is 0.0220. The lowest BCUT2D eigenvalue weighted by Crippen LogP contribution is -2.57. The minimum absolute atomic E-state index is 0. The molecule has 3 aliphatic heterocycles. The molecular weight excluding hydrogens is 392 g/mol. The van der Waals surface area contributed by atoms with Crippen LogP contribution in [0.3, 0.4) is 0 Å². The molecule has 2 saturated heterocycles. The van der Waals surface area contributed by atoms with Crippen LogP contribution < -0.4 is 0 Å². The van der Waals surface area contributed by atoms with Crippen LogP contribution in [0.15, 0.2) is 59.5 Å². The molecule has 6 heteroatoms. The molecule has 2 fully saturated rings. The van der Waals surface area contributed by atoms with E-state index >= 15 is 0 Å². The molecule has 3 aliphatic rings. The summed E-state index contributed by atoms with van der Waals surface area (Å²) in [7, 11) is -3.43. The molecule has 0 aliphatic carbocycles. The van der Waals surface area contributed by atoms with Gasteiger partial charge in [0.25, 0.3) is 0 Å². The molecule has 0 spiro atoms. The average Bonchev–Trinajstić information content (AvgIpc) is 2.72. The molecule has 5 rings (SSSR count). The van der Waals surface area contributed by atoms with Crippen molar-refractivity contribution < 1.29 is 8.42 Å². The number of fused-ring (bicyclic) bond motifs is 4. The lowest BCUT2D eigenvalue weighted by Gasteiger charge is -2.51. The molecule has 3 heterocycles. The minimum atomic E-state index is -3.43. The molecule has 150 valence electrons. The van der Waals surface area contributed by atoms with Gasteiger partial charge >= 0.3 is 0 Å². The first-order valence-corrected chi connectivity index (χ1v) is 11.5. The lowest BCUT2D eigenvalue weighted by atomic mass is 9.77. The first-order chi connectivity index (χ1) is 13.1. The second-order valence-electron chi connectivity index (χ2n) is 8.09. The molecule has 0 unspecified atom stereocenters. The first-order valence-electron chi connectivity index (χ1n) is 10.0. The molecule has 0 radical (unpaired) electrons. The summed E-state index contributed by atoms with van der Waals surface area (Å²) in [6.45, 7) is 2.76. The van der Waals surface area contributed by atoms with Crippen molar-refractivity contribution >= 4 is 22.4 Å². The van der Waals surface area contributed by atoms with Gasteiger partial charge < -0.3 is 0 Å². The third-order valence-corrected chi connectivity index (χ3v) is 8.61. The molecule has 4 nitrogen and oxygen atoms in total. The van der Waals surface area contributed by atoms with Crippen LogP contribution in [0, 0.1) is 5.92 Å². The Labute approximate surface area is 174 Å². The van der Waals surface area contributed by atoms with Crippen LogP contribution in [0.5, 0.6) is 0 Å². The summed E-state index contributed by atoms with van der Waals surface area (Å²) < 4.78 is 28.5. The van der Waals surface area contributed by atoms with Gasteiger partial charge in [-0.05, 0) is 54.9 Å². The fraction of sp³-hybridized carbons (Fsp3) is 0.455. The van der Waals surface area contributed by atoms with Crippen molar-refractivity contribution in [1.29, 1.82) is 0 Å². The third kappa shape index (κ3) is 3.28. The average molecular weight is 419 g/mol. The summed E-state index contributed by atoms with van der Waals surface area (Å²) in [6, 6.07) is 18.1. The van der Waals surface area contributed by atoms with E-state index in [4.69, 9.17) is 0 Å². The van der Waals surface area contributed by atoms with E-state index in [-0.39, 0.29) is 18.4 Å². The summed E-state index contributed by atoms with van der Waals surface area (Å²) in [5, 5.41) is 0. The Morgan fingerprint density at radius 3 is 2.50 bits per heavy atom. The van der Waals surface area contributed by atoms with Gasteiger partial charge in [0.2, 0.25) is 10.0 Å². The topological polar surface area (TPSA) is 40.6 Å². The second-order valence-corrected chi connectivity index (χ2v) is 9.98. The third-order valence-electron chi connectivity index (χ3n) is 6.67. The highest BCUT2D eigenvalue weighted by molar-refractivity contribution is 7.89. The molecular formula is C22H27ClN2O2S. The Balaban J connectivity index is 0.00000192. The zero-order chi connectivity index (χ0) is 18.4. The Hall–Kier alpha value is -1.40. The number of rotatable bonds is 2. The minimum Gasteiger partial charge on any atom is -0.296 e. The van der Waals surface area contributed by atoms with Crippen molar-refractivity contribution in [3.63, 3.8) is 0 Å². The van der Waals surface area contributed by atoms with Crippen LogP contribution in [0.4, 0.5) is 0 Å². The number of hydrogen-bond donors (Lipinski definition) is 0. The van der Waals surface area contributed by atoms with E-state index in [1.165, 1.54) is 11.1 Å². The van der Waals surface area contributed by atoms with Gasteiger partial charge in [-0.25, -0.2) is 8.42 Å². The van der Waals surface area contributed by atoms with Crippen LogP contribution in [0.25, 0.3) is 0 Å². The maximum absolute atomic E-state index is 13.4. The summed E-state index contributed by atoms with van der Waals surface area (Å²) >= 11 is 0. The number of benzene rings is 2. The predicted molar refractivity (Wildman–Crippen MR) is 113 cm³/mol. The van der Waals surface area contributed by atoms with Gasteiger partial charge in [-0.1, -0.05) is 42.5 Å². The fourth-order valence-electron chi connectivity index (χ4n) is 5.38. The Morgan fingerprint density at radius 2 is 1.68 bits per heavy atom. The van der Waals surface area contributed by atoms with Gasteiger partial charge in [0.05, 0.1) is 4.90 Å². The van der Waals surface area contributed by atoms with Gasteiger partial charge in [0, 0.05) is 31.7 Å². The molecule has 0 saturated carbocycles. The monoisotopic (exact) mass is 418 g/mol. The van der Waals surface area contributed by atoms with Crippen molar-refractivity contribution in [3.8, 4) is 0 Å². The summed E-state index contributed by atoms with van der Waals surface area (Å²) in [4.78, 5) is 3.03. The highest BCUT2D eigenvalue weighted by Crippen LogP contribution is 2.44. The largest absolute Gasteiger partial charge is 0.296 e. The summed E-state index contributed by atoms with van der Waals surface area (Å²) in [5.74, 6) is 0.443. The fourth-order valence-corrected chi connectivity index (χ4v) is 7.14. The maximum Gasteiger partial charge on any atom is 0.243 e. The van der Waals surface area contributed by atoms with E-state index in [0.29, 0.717) is 23.4 Å². The van der Waals surface area contributed by atoms with Crippen molar-refractivity contribution in [1.82, 2.24) is 9.21 Å². The normalized spacial score (nSPS) is 27.8. The zero-order valence-corrected chi connectivity index (χ0v) is 17.5. The molecule has 2 aromatic rings. The van der Waals surface area contributed by atoms with Gasteiger partial charge in [0.15, 0.2) is 0 Å². The van der Waals surface area contributed by atoms with Crippen molar-refractivity contribution in [2.45, 2.75) is 42.7 Å². The molecule has 28 heavy (non-hydrogen) atoms. The van der Waals surface area contributed by atoms with Crippen molar-refractivity contribution in [2.75, 3.05) is 19.6 Å². The quantitative estimate of drug-likeness (QED) is 0.743. The zero-order valence-electron chi connectivity index (χ0n) is 15.9. The van der Waals surface area contributed by atoms with Crippen LogP contribution in [0.1, 0.15) is 36.4 Å². The number of nitrogens with zero attached hydrogens (tertiary/aromatic N) is 2. The molecule has 3 atom stereocenters. The molecule has 0 amide bonds. The number of hydrogen-bond acceptors (Lipinski definition) is 3. The van der Waals surface area contributed by atoms with Crippen LogP contribution in [0.2, 0.25) is 0 Å². The van der Waals surface area contributed by atoms with E-state index in [2.05, 4.69) is 29.2 Å². The Morgan fingerprint density at radius 1 is 0.929 bits per heavy atom.